The minimum absolute atomic E-state index is 0.0956. The molecule has 1 aliphatic heterocycles. The molecule has 5 heteroatoms. The molecule has 0 saturated heterocycles. The molecule has 0 radical (unpaired) electrons. The molecule has 0 unspecified atom stereocenters. The lowest BCUT2D eigenvalue weighted by Gasteiger charge is -2.43. The fourth-order valence-electron chi connectivity index (χ4n) is 3.61. The summed E-state index contributed by atoms with van der Waals surface area (Å²) in [4.78, 5) is 18.9. The monoisotopic (exact) mass is 380 g/mol. The van der Waals surface area contributed by atoms with Crippen molar-refractivity contribution in [2.75, 3.05) is 11.9 Å². The first-order chi connectivity index (χ1) is 12.8. The summed E-state index contributed by atoms with van der Waals surface area (Å²) < 4.78 is 5.41. The standard InChI is InChI=1S/C22H21ClN2O2/c1-13-5-6-14(23)11-16(13)24-17-12-22(2,3)25(4)18-8-9-19-15(21(17)18)7-10-20(26)27-19/h5-11H,12H2,1-4H3. The molecule has 1 aromatic heterocycles. The molecule has 3 aromatic rings. The van der Waals surface area contributed by atoms with E-state index >= 15 is 0 Å². The third kappa shape index (κ3) is 3.04. The Morgan fingerprint density at radius 3 is 2.70 bits per heavy atom. The first-order valence-electron chi connectivity index (χ1n) is 8.91. The second kappa shape index (κ2) is 6.24. The fraction of sp³-hybridized carbons (Fsp3) is 0.273. The molecular weight excluding hydrogens is 360 g/mol. The van der Waals surface area contributed by atoms with E-state index in [0.717, 1.165) is 40.0 Å². The van der Waals surface area contributed by atoms with E-state index in [1.54, 1.807) is 0 Å². The van der Waals surface area contributed by atoms with Crippen LogP contribution in [0.3, 0.4) is 0 Å². The van der Waals surface area contributed by atoms with Crippen LogP contribution >= 0.6 is 11.6 Å². The molecule has 138 valence electrons. The van der Waals surface area contributed by atoms with E-state index in [2.05, 4.69) is 25.8 Å². The van der Waals surface area contributed by atoms with E-state index in [9.17, 15) is 4.79 Å². The summed E-state index contributed by atoms with van der Waals surface area (Å²) in [5, 5.41) is 1.56. The smallest absolute Gasteiger partial charge is 0.336 e. The van der Waals surface area contributed by atoms with Crippen LogP contribution in [0.25, 0.3) is 11.0 Å². The molecule has 0 fully saturated rings. The van der Waals surface area contributed by atoms with Gasteiger partial charge in [0.15, 0.2) is 0 Å². The SMILES string of the molecule is Cc1ccc(Cl)cc1N=C1CC(C)(C)N(C)c2ccc3oc(=O)ccc3c21. The highest BCUT2D eigenvalue weighted by Crippen LogP contribution is 2.40. The lowest BCUT2D eigenvalue weighted by atomic mass is 9.84. The van der Waals surface area contributed by atoms with Crippen molar-refractivity contribution in [2.45, 2.75) is 32.7 Å². The molecule has 0 bridgehead atoms. The molecule has 4 nitrogen and oxygen atoms in total. The molecule has 0 N–H and O–H groups in total. The first kappa shape index (κ1) is 17.8. The van der Waals surface area contributed by atoms with Crippen LogP contribution in [0, 0.1) is 6.92 Å². The number of nitrogens with zero attached hydrogens (tertiary/aromatic N) is 2. The lowest BCUT2D eigenvalue weighted by molar-refractivity contribution is 0.498. The van der Waals surface area contributed by atoms with Crippen molar-refractivity contribution >= 4 is 39.7 Å². The Hall–Kier alpha value is -2.59. The highest BCUT2D eigenvalue weighted by Gasteiger charge is 2.35. The molecule has 0 amide bonds. The van der Waals surface area contributed by atoms with Crippen LogP contribution in [0.2, 0.25) is 5.02 Å². The molecule has 27 heavy (non-hydrogen) atoms. The Balaban J connectivity index is 2.04. The van der Waals surface area contributed by atoms with Gasteiger partial charge in [-0.05, 0) is 56.7 Å². The normalized spacial score (nSPS) is 17.4. The van der Waals surface area contributed by atoms with Crippen LogP contribution in [-0.4, -0.2) is 18.3 Å². The van der Waals surface area contributed by atoms with E-state index in [-0.39, 0.29) is 11.2 Å². The number of hydrogen-bond acceptors (Lipinski definition) is 4. The van der Waals surface area contributed by atoms with E-state index in [1.165, 1.54) is 6.07 Å². The van der Waals surface area contributed by atoms with Gasteiger partial charge < -0.3 is 9.32 Å². The van der Waals surface area contributed by atoms with Gasteiger partial charge in [0.1, 0.15) is 5.58 Å². The Kier molecular flexibility index (Phi) is 4.11. The van der Waals surface area contributed by atoms with E-state index in [0.29, 0.717) is 10.6 Å². The number of rotatable bonds is 1. The summed E-state index contributed by atoms with van der Waals surface area (Å²) in [5.41, 5.74) is 5.11. The van der Waals surface area contributed by atoms with Crippen molar-refractivity contribution in [3.63, 3.8) is 0 Å². The largest absolute Gasteiger partial charge is 0.423 e. The molecule has 0 spiro atoms. The predicted octanol–water partition coefficient (Wildman–Crippen LogP) is 5.49. The van der Waals surface area contributed by atoms with Crippen LogP contribution < -0.4 is 10.5 Å². The third-order valence-electron chi connectivity index (χ3n) is 5.36. The molecule has 2 heterocycles. The number of hydrogen-bond donors (Lipinski definition) is 0. The van der Waals surface area contributed by atoms with Gasteiger partial charge in [-0.2, -0.15) is 0 Å². The van der Waals surface area contributed by atoms with Crippen LogP contribution in [0.4, 0.5) is 11.4 Å². The Morgan fingerprint density at radius 2 is 1.93 bits per heavy atom. The summed E-state index contributed by atoms with van der Waals surface area (Å²) in [6.07, 6.45) is 0.765. The van der Waals surface area contributed by atoms with Crippen molar-refractivity contribution < 1.29 is 4.42 Å². The van der Waals surface area contributed by atoms with Crippen LogP contribution in [-0.2, 0) is 0 Å². The average Bonchev–Trinajstić information content (AvgIpc) is 2.61. The molecule has 0 aliphatic carbocycles. The van der Waals surface area contributed by atoms with Crippen LogP contribution in [0.1, 0.15) is 31.4 Å². The van der Waals surface area contributed by atoms with Crippen LogP contribution in [0.5, 0.6) is 0 Å². The molecule has 0 saturated carbocycles. The van der Waals surface area contributed by atoms with Crippen molar-refractivity contribution in [1.82, 2.24) is 0 Å². The van der Waals surface area contributed by atoms with E-state index in [4.69, 9.17) is 21.0 Å². The molecule has 4 rings (SSSR count). The molecule has 0 atom stereocenters. The Bertz CT molecular complexity index is 1140. The lowest BCUT2D eigenvalue weighted by Crippen LogP contribution is -2.47. The van der Waals surface area contributed by atoms with Crippen molar-refractivity contribution in [3.05, 3.63) is 69.0 Å². The first-order valence-corrected chi connectivity index (χ1v) is 9.29. The van der Waals surface area contributed by atoms with Gasteiger partial charge in [0.2, 0.25) is 0 Å². The number of halogens is 1. The zero-order valence-electron chi connectivity index (χ0n) is 15.8. The number of aliphatic imine (C=N–C) groups is 1. The maximum Gasteiger partial charge on any atom is 0.336 e. The highest BCUT2D eigenvalue weighted by molar-refractivity contribution is 6.31. The van der Waals surface area contributed by atoms with Crippen molar-refractivity contribution in [3.8, 4) is 0 Å². The second-order valence-corrected chi connectivity index (χ2v) is 8.10. The summed E-state index contributed by atoms with van der Waals surface area (Å²) in [6.45, 7) is 6.43. The van der Waals surface area contributed by atoms with Gasteiger partial charge >= 0.3 is 5.63 Å². The topological polar surface area (TPSA) is 45.8 Å². The van der Waals surface area contributed by atoms with Gasteiger partial charge in [-0.15, -0.1) is 0 Å². The predicted molar refractivity (Wildman–Crippen MR) is 112 cm³/mol. The summed E-state index contributed by atoms with van der Waals surface area (Å²) in [5.74, 6) is 0. The van der Waals surface area contributed by atoms with E-state index < -0.39 is 0 Å². The molecule has 1 aliphatic rings. The van der Waals surface area contributed by atoms with Gasteiger partial charge in [0, 0.05) is 46.7 Å². The van der Waals surface area contributed by atoms with Crippen LogP contribution in [0.15, 0.2) is 56.7 Å². The highest BCUT2D eigenvalue weighted by atomic mass is 35.5. The van der Waals surface area contributed by atoms with E-state index in [1.807, 2.05) is 43.3 Å². The maximum atomic E-state index is 11.7. The maximum absolute atomic E-state index is 11.7. The van der Waals surface area contributed by atoms with Gasteiger partial charge in [0.05, 0.1) is 11.4 Å². The minimum Gasteiger partial charge on any atom is -0.423 e. The number of benzene rings is 2. The number of fused-ring (bicyclic) bond motifs is 3. The van der Waals surface area contributed by atoms with Gasteiger partial charge in [-0.25, -0.2) is 4.79 Å². The van der Waals surface area contributed by atoms with Crippen molar-refractivity contribution in [1.29, 1.82) is 0 Å². The fourth-order valence-corrected chi connectivity index (χ4v) is 3.77. The van der Waals surface area contributed by atoms with Gasteiger partial charge in [-0.1, -0.05) is 17.7 Å². The second-order valence-electron chi connectivity index (χ2n) is 7.66. The zero-order chi connectivity index (χ0) is 19.3. The number of anilines is 1. The van der Waals surface area contributed by atoms with Gasteiger partial charge in [0.25, 0.3) is 0 Å². The average molecular weight is 381 g/mol. The third-order valence-corrected chi connectivity index (χ3v) is 5.60. The Labute approximate surface area is 163 Å². The minimum atomic E-state index is -0.351. The molecular formula is C22H21ClN2O2. The van der Waals surface area contributed by atoms with Crippen molar-refractivity contribution in [2.24, 2.45) is 4.99 Å². The quantitative estimate of drug-likeness (QED) is 0.524. The number of aryl methyl sites for hydroxylation is 1. The summed E-state index contributed by atoms with van der Waals surface area (Å²) in [7, 11) is 2.09. The summed E-state index contributed by atoms with van der Waals surface area (Å²) in [6, 6.07) is 12.9. The van der Waals surface area contributed by atoms with Gasteiger partial charge in [-0.3, -0.25) is 4.99 Å². The zero-order valence-corrected chi connectivity index (χ0v) is 16.6. The molecule has 2 aromatic carbocycles. The summed E-state index contributed by atoms with van der Waals surface area (Å²) >= 11 is 6.20. The Morgan fingerprint density at radius 1 is 1.15 bits per heavy atom.